The predicted octanol–water partition coefficient (Wildman–Crippen LogP) is 4.46. The predicted molar refractivity (Wildman–Crippen MR) is 113 cm³/mol. The van der Waals surface area contributed by atoms with Gasteiger partial charge >= 0.3 is 0 Å². The Hall–Kier alpha value is -3.67. The molecule has 0 saturated heterocycles. The summed E-state index contributed by atoms with van der Waals surface area (Å²) in [4.78, 5) is 12.1. The summed E-state index contributed by atoms with van der Waals surface area (Å²) in [6.07, 6.45) is 7.10. The Balaban J connectivity index is 2.16. The number of hydrogen-bond acceptors (Lipinski definition) is 6. The van der Waals surface area contributed by atoms with Gasteiger partial charge in [-0.05, 0) is 48.6 Å². The molecule has 0 heterocycles. The Morgan fingerprint density at radius 1 is 0.828 bits per heavy atom. The molecular formula is C23H24O6. The highest BCUT2D eigenvalue weighted by Gasteiger charge is 2.07. The van der Waals surface area contributed by atoms with Gasteiger partial charge in [0.05, 0.1) is 28.4 Å². The second-order valence-electron chi connectivity index (χ2n) is 5.83. The average Bonchev–Trinajstić information content (AvgIpc) is 2.75. The zero-order chi connectivity index (χ0) is 21.2. The van der Waals surface area contributed by atoms with E-state index in [0.717, 1.165) is 6.08 Å². The second-order valence-corrected chi connectivity index (χ2v) is 5.83. The standard InChI is InChI=1S/C23H24O6/c1-26-20-12-13-21(27-2)17(14-20)9-11-19(25)15-18(24)10-8-16-6-5-7-22(28-3)23(16)29-4/h5-15,25H,1-4H3. The highest BCUT2D eigenvalue weighted by atomic mass is 16.5. The highest BCUT2D eigenvalue weighted by molar-refractivity contribution is 6.02. The van der Waals surface area contributed by atoms with E-state index in [1.807, 2.05) is 0 Å². The first-order valence-corrected chi connectivity index (χ1v) is 8.76. The molecule has 0 fully saturated rings. The van der Waals surface area contributed by atoms with E-state index in [0.29, 0.717) is 34.1 Å². The summed E-state index contributed by atoms with van der Waals surface area (Å²) in [6.45, 7) is 0. The fourth-order valence-electron chi connectivity index (χ4n) is 2.60. The molecule has 2 aromatic carbocycles. The molecule has 0 aliphatic carbocycles. The molecule has 0 aliphatic rings. The number of aliphatic hydroxyl groups excluding tert-OH is 1. The van der Waals surface area contributed by atoms with Gasteiger partial charge in [-0.15, -0.1) is 0 Å². The van der Waals surface area contributed by atoms with Crippen molar-refractivity contribution in [1.82, 2.24) is 0 Å². The number of para-hydroxylation sites is 1. The van der Waals surface area contributed by atoms with Gasteiger partial charge in [-0.25, -0.2) is 0 Å². The number of carbonyl (C=O) groups is 1. The Labute approximate surface area is 170 Å². The summed E-state index contributed by atoms with van der Waals surface area (Å²) < 4.78 is 21.0. The van der Waals surface area contributed by atoms with Crippen LogP contribution in [-0.4, -0.2) is 39.3 Å². The third-order valence-electron chi connectivity index (χ3n) is 4.02. The van der Waals surface area contributed by atoms with Crippen molar-refractivity contribution in [3.8, 4) is 23.0 Å². The first-order chi connectivity index (χ1) is 14.0. The summed E-state index contributed by atoms with van der Waals surface area (Å²) in [5.74, 6) is 1.79. The van der Waals surface area contributed by atoms with Crippen LogP contribution in [0.2, 0.25) is 0 Å². The van der Waals surface area contributed by atoms with E-state index in [1.54, 1.807) is 69.9 Å². The van der Waals surface area contributed by atoms with Crippen LogP contribution in [0.3, 0.4) is 0 Å². The first kappa shape index (κ1) is 21.6. The van der Waals surface area contributed by atoms with Crippen molar-refractivity contribution in [3.63, 3.8) is 0 Å². The van der Waals surface area contributed by atoms with Crippen molar-refractivity contribution in [2.45, 2.75) is 0 Å². The molecule has 2 rings (SSSR count). The maximum absolute atomic E-state index is 12.1. The smallest absolute Gasteiger partial charge is 0.182 e. The molecule has 29 heavy (non-hydrogen) atoms. The minimum Gasteiger partial charge on any atom is -0.508 e. The third-order valence-corrected chi connectivity index (χ3v) is 4.02. The van der Waals surface area contributed by atoms with Gasteiger partial charge in [0.2, 0.25) is 0 Å². The molecule has 0 atom stereocenters. The molecule has 0 spiro atoms. The van der Waals surface area contributed by atoms with Gasteiger partial charge in [0.1, 0.15) is 17.3 Å². The normalized spacial score (nSPS) is 11.7. The first-order valence-electron chi connectivity index (χ1n) is 8.76. The average molecular weight is 396 g/mol. The van der Waals surface area contributed by atoms with Crippen molar-refractivity contribution in [2.24, 2.45) is 0 Å². The summed E-state index contributed by atoms with van der Waals surface area (Å²) >= 11 is 0. The van der Waals surface area contributed by atoms with Gasteiger partial charge in [0.25, 0.3) is 0 Å². The fraction of sp³-hybridized carbons (Fsp3) is 0.174. The molecule has 152 valence electrons. The molecule has 1 N–H and O–H groups in total. The van der Waals surface area contributed by atoms with Crippen LogP contribution in [0.25, 0.3) is 12.2 Å². The molecule has 0 aliphatic heterocycles. The maximum Gasteiger partial charge on any atom is 0.182 e. The highest BCUT2D eigenvalue weighted by Crippen LogP contribution is 2.31. The molecule has 0 unspecified atom stereocenters. The van der Waals surface area contributed by atoms with Crippen LogP contribution in [-0.2, 0) is 4.79 Å². The topological polar surface area (TPSA) is 74.2 Å². The van der Waals surface area contributed by atoms with Gasteiger partial charge in [-0.2, -0.15) is 0 Å². The van der Waals surface area contributed by atoms with Gasteiger partial charge in [-0.1, -0.05) is 12.1 Å². The summed E-state index contributed by atoms with van der Waals surface area (Å²) in [5, 5.41) is 10.1. The Morgan fingerprint density at radius 3 is 2.21 bits per heavy atom. The lowest BCUT2D eigenvalue weighted by Gasteiger charge is -2.09. The Bertz CT molecular complexity index is 940. The summed E-state index contributed by atoms with van der Waals surface area (Å²) in [6, 6.07) is 10.6. The lowest BCUT2D eigenvalue weighted by atomic mass is 10.1. The van der Waals surface area contributed by atoms with Crippen LogP contribution in [0.5, 0.6) is 23.0 Å². The minimum absolute atomic E-state index is 0.192. The van der Waals surface area contributed by atoms with Crippen molar-refractivity contribution < 1.29 is 28.8 Å². The van der Waals surface area contributed by atoms with Crippen LogP contribution in [0.1, 0.15) is 11.1 Å². The van der Waals surface area contributed by atoms with Crippen LogP contribution in [0.4, 0.5) is 0 Å². The van der Waals surface area contributed by atoms with E-state index in [4.69, 9.17) is 18.9 Å². The molecule has 2 aromatic rings. The number of ketones is 1. The van der Waals surface area contributed by atoms with E-state index < -0.39 is 0 Å². The van der Waals surface area contributed by atoms with Crippen molar-refractivity contribution in [3.05, 3.63) is 71.5 Å². The minimum atomic E-state index is -0.380. The number of benzene rings is 2. The lowest BCUT2D eigenvalue weighted by Crippen LogP contribution is -1.93. The summed E-state index contributed by atoms with van der Waals surface area (Å²) in [7, 11) is 6.19. The monoisotopic (exact) mass is 396 g/mol. The molecule has 0 amide bonds. The van der Waals surface area contributed by atoms with Gasteiger partial charge < -0.3 is 24.1 Å². The van der Waals surface area contributed by atoms with Crippen LogP contribution in [0.15, 0.2) is 60.4 Å². The van der Waals surface area contributed by atoms with E-state index in [9.17, 15) is 9.90 Å². The van der Waals surface area contributed by atoms with Gasteiger partial charge in [0, 0.05) is 17.2 Å². The van der Waals surface area contributed by atoms with E-state index in [-0.39, 0.29) is 11.5 Å². The summed E-state index contributed by atoms with van der Waals surface area (Å²) in [5.41, 5.74) is 1.39. The number of methoxy groups -OCH3 is 4. The maximum atomic E-state index is 12.1. The van der Waals surface area contributed by atoms with E-state index >= 15 is 0 Å². The molecule has 0 radical (unpaired) electrons. The largest absolute Gasteiger partial charge is 0.508 e. The van der Waals surface area contributed by atoms with E-state index in [1.165, 1.54) is 19.3 Å². The fourth-order valence-corrected chi connectivity index (χ4v) is 2.60. The molecule has 0 aromatic heterocycles. The molecule has 0 bridgehead atoms. The van der Waals surface area contributed by atoms with Crippen LogP contribution in [0, 0.1) is 0 Å². The zero-order valence-corrected chi connectivity index (χ0v) is 16.8. The van der Waals surface area contributed by atoms with Gasteiger partial charge in [0.15, 0.2) is 17.3 Å². The molecule has 0 saturated carbocycles. The number of carbonyl (C=O) groups excluding carboxylic acids is 1. The van der Waals surface area contributed by atoms with Crippen molar-refractivity contribution in [1.29, 1.82) is 0 Å². The Kier molecular flexibility index (Phi) is 7.91. The second kappa shape index (κ2) is 10.6. The molecule has 6 nitrogen and oxygen atoms in total. The van der Waals surface area contributed by atoms with E-state index in [2.05, 4.69) is 0 Å². The number of aliphatic hydroxyl groups is 1. The lowest BCUT2D eigenvalue weighted by molar-refractivity contribution is -0.110. The molecule has 6 heteroatoms. The zero-order valence-electron chi connectivity index (χ0n) is 16.8. The SMILES string of the molecule is COc1ccc(OC)c(C=CC(O)=CC(=O)C=Cc2cccc(OC)c2OC)c1. The number of allylic oxidation sites excluding steroid dienone is 3. The van der Waals surface area contributed by atoms with Crippen LogP contribution < -0.4 is 18.9 Å². The number of hydrogen-bond donors (Lipinski definition) is 1. The molecular weight excluding hydrogens is 372 g/mol. The van der Waals surface area contributed by atoms with Gasteiger partial charge in [-0.3, -0.25) is 4.79 Å². The van der Waals surface area contributed by atoms with Crippen molar-refractivity contribution in [2.75, 3.05) is 28.4 Å². The quantitative estimate of drug-likeness (QED) is 0.383. The number of ether oxygens (including phenoxy) is 4. The van der Waals surface area contributed by atoms with Crippen molar-refractivity contribution >= 4 is 17.9 Å². The van der Waals surface area contributed by atoms with Crippen LogP contribution >= 0.6 is 0 Å². The Morgan fingerprint density at radius 2 is 1.55 bits per heavy atom. The number of rotatable bonds is 9. The third kappa shape index (κ3) is 5.90.